The first-order chi connectivity index (χ1) is 13.9. The van der Waals surface area contributed by atoms with E-state index in [9.17, 15) is 9.59 Å². The van der Waals surface area contributed by atoms with Crippen LogP contribution in [-0.4, -0.2) is 28.0 Å². The van der Waals surface area contributed by atoms with E-state index in [2.05, 4.69) is 25.8 Å². The number of benzene rings is 2. The molecule has 0 saturated heterocycles. The Bertz CT molecular complexity index is 1040. The van der Waals surface area contributed by atoms with Crippen molar-refractivity contribution in [3.8, 4) is 0 Å². The fraction of sp³-hybridized carbons (Fsp3) is 0.105. The Balaban J connectivity index is 1.55. The number of rotatable bonds is 6. The molecule has 0 spiro atoms. The zero-order chi connectivity index (χ0) is 20.8. The zero-order valence-corrected chi connectivity index (χ0v) is 15.5. The molecule has 0 fully saturated rings. The largest absolute Gasteiger partial charge is 0.417 e. The van der Waals surface area contributed by atoms with E-state index in [-0.39, 0.29) is 24.3 Å². The SMILES string of the molecule is Cc1nnc(C(=O)NCc2ccc(NC(=O)c3ccc(N=C(N)N)cc3)cc2)o1. The van der Waals surface area contributed by atoms with Crippen LogP contribution in [0.2, 0.25) is 0 Å². The van der Waals surface area contributed by atoms with Gasteiger partial charge in [0.2, 0.25) is 5.89 Å². The van der Waals surface area contributed by atoms with Crippen molar-refractivity contribution in [2.45, 2.75) is 13.5 Å². The average Bonchev–Trinajstić information content (AvgIpc) is 3.14. The van der Waals surface area contributed by atoms with Gasteiger partial charge in [-0.1, -0.05) is 12.1 Å². The molecule has 0 aliphatic rings. The quantitative estimate of drug-likeness (QED) is 0.364. The van der Waals surface area contributed by atoms with Gasteiger partial charge in [-0.25, -0.2) is 4.99 Å². The lowest BCUT2D eigenvalue weighted by molar-refractivity contribution is 0.0914. The van der Waals surface area contributed by atoms with Crippen molar-refractivity contribution in [3.05, 3.63) is 71.4 Å². The molecule has 6 N–H and O–H groups in total. The molecule has 3 rings (SSSR count). The summed E-state index contributed by atoms with van der Waals surface area (Å²) in [5, 5.41) is 12.7. The molecule has 1 heterocycles. The Kier molecular flexibility index (Phi) is 5.83. The molecular weight excluding hydrogens is 374 g/mol. The van der Waals surface area contributed by atoms with Gasteiger partial charge in [0.25, 0.3) is 5.91 Å². The number of carbonyl (C=O) groups excluding carboxylic acids is 2. The highest BCUT2D eigenvalue weighted by Gasteiger charge is 2.12. The summed E-state index contributed by atoms with van der Waals surface area (Å²) in [6, 6.07) is 13.6. The first-order valence-corrected chi connectivity index (χ1v) is 8.59. The van der Waals surface area contributed by atoms with Crippen molar-refractivity contribution in [1.82, 2.24) is 15.5 Å². The van der Waals surface area contributed by atoms with Crippen LogP contribution in [0.3, 0.4) is 0 Å². The second-order valence-electron chi connectivity index (χ2n) is 6.04. The van der Waals surface area contributed by atoms with Gasteiger partial charge in [0, 0.05) is 24.7 Å². The first-order valence-electron chi connectivity index (χ1n) is 8.59. The van der Waals surface area contributed by atoms with Crippen molar-refractivity contribution < 1.29 is 14.0 Å². The van der Waals surface area contributed by atoms with E-state index >= 15 is 0 Å². The summed E-state index contributed by atoms with van der Waals surface area (Å²) >= 11 is 0. The van der Waals surface area contributed by atoms with Crippen LogP contribution in [0.5, 0.6) is 0 Å². The first kappa shape index (κ1) is 19.5. The van der Waals surface area contributed by atoms with E-state index < -0.39 is 5.91 Å². The molecule has 10 nitrogen and oxygen atoms in total. The Morgan fingerprint density at radius 2 is 1.69 bits per heavy atom. The van der Waals surface area contributed by atoms with Gasteiger partial charge in [-0.3, -0.25) is 9.59 Å². The molecule has 3 aromatic rings. The highest BCUT2D eigenvalue weighted by Crippen LogP contribution is 2.15. The highest BCUT2D eigenvalue weighted by molar-refractivity contribution is 6.04. The van der Waals surface area contributed by atoms with E-state index in [0.29, 0.717) is 22.8 Å². The molecule has 2 aromatic carbocycles. The maximum atomic E-state index is 12.3. The number of amides is 2. The second-order valence-corrected chi connectivity index (χ2v) is 6.04. The number of aromatic nitrogens is 2. The van der Waals surface area contributed by atoms with Crippen molar-refractivity contribution in [2.24, 2.45) is 16.5 Å². The van der Waals surface area contributed by atoms with Crippen LogP contribution in [0.25, 0.3) is 0 Å². The number of hydrogen-bond acceptors (Lipinski definition) is 6. The molecule has 10 heteroatoms. The molecule has 2 amide bonds. The van der Waals surface area contributed by atoms with Crippen molar-refractivity contribution >= 4 is 29.1 Å². The molecule has 29 heavy (non-hydrogen) atoms. The molecule has 0 saturated carbocycles. The number of aryl methyl sites for hydroxylation is 1. The summed E-state index contributed by atoms with van der Waals surface area (Å²) < 4.78 is 5.06. The lowest BCUT2D eigenvalue weighted by atomic mass is 10.1. The third-order valence-corrected chi connectivity index (χ3v) is 3.77. The van der Waals surface area contributed by atoms with Gasteiger partial charge >= 0.3 is 11.8 Å². The van der Waals surface area contributed by atoms with E-state index in [1.165, 1.54) is 0 Å². The highest BCUT2D eigenvalue weighted by atomic mass is 16.4. The molecule has 0 bridgehead atoms. The van der Waals surface area contributed by atoms with Crippen LogP contribution in [0.15, 0.2) is 57.9 Å². The van der Waals surface area contributed by atoms with Crippen molar-refractivity contribution in [1.29, 1.82) is 0 Å². The summed E-state index contributed by atoms with van der Waals surface area (Å²) in [5.41, 5.74) is 13.1. The molecule has 0 radical (unpaired) electrons. The van der Waals surface area contributed by atoms with Crippen LogP contribution < -0.4 is 22.1 Å². The third kappa shape index (κ3) is 5.39. The van der Waals surface area contributed by atoms with E-state index in [1.807, 2.05) is 0 Å². The minimum Gasteiger partial charge on any atom is -0.417 e. The van der Waals surface area contributed by atoms with Crippen LogP contribution in [-0.2, 0) is 6.54 Å². The number of hydrogen-bond donors (Lipinski definition) is 4. The van der Waals surface area contributed by atoms with E-state index in [1.54, 1.807) is 55.5 Å². The van der Waals surface area contributed by atoms with Gasteiger partial charge in [-0.15, -0.1) is 10.2 Å². The van der Waals surface area contributed by atoms with E-state index in [0.717, 1.165) is 5.56 Å². The smallest absolute Gasteiger partial charge is 0.309 e. The molecule has 0 aliphatic carbocycles. The van der Waals surface area contributed by atoms with Gasteiger partial charge in [0.1, 0.15) is 0 Å². The van der Waals surface area contributed by atoms with Crippen molar-refractivity contribution in [3.63, 3.8) is 0 Å². The topological polar surface area (TPSA) is 162 Å². The minimum atomic E-state index is -0.452. The van der Waals surface area contributed by atoms with Gasteiger partial charge < -0.3 is 26.5 Å². The number of aliphatic imine (C=N–C) groups is 1. The Labute approximate surface area is 166 Å². The Morgan fingerprint density at radius 3 is 2.28 bits per heavy atom. The van der Waals surface area contributed by atoms with E-state index in [4.69, 9.17) is 15.9 Å². The summed E-state index contributed by atoms with van der Waals surface area (Å²) in [4.78, 5) is 28.1. The molecule has 1 aromatic heterocycles. The molecule has 0 unspecified atom stereocenters. The summed E-state index contributed by atoms with van der Waals surface area (Å²) in [7, 11) is 0. The summed E-state index contributed by atoms with van der Waals surface area (Å²) in [6.45, 7) is 1.88. The average molecular weight is 393 g/mol. The molecule has 0 atom stereocenters. The lowest BCUT2D eigenvalue weighted by Gasteiger charge is -2.07. The van der Waals surface area contributed by atoms with Gasteiger partial charge in [0.05, 0.1) is 5.69 Å². The summed E-state index contributed by atoms with van der Waals surface area (Å²) in [6.07, 6.45) is 0. The molecular formula is C19H19N7O3. The maximum absolute atomic E-state index is 12.3. The van der Waals surface area contributed by atoms with Crippen LogP contribution >= 0.6 is 0 Å². The Morgan fingerprint density at radius 1 is 1.00 bits per heavy atom. The number of nitrogens with zero attached hydrogens (tertiary/aromatic N) is 3. The normalized spacial score (nSPS) is 10.2. The van der Waals surface area contributed by atoms with Crippen LogP contribution in [0.1, 0.15) is 32.5 Å². The minimum absolute atomic E-state index is 0.0503. The zero-order valence-electron chi connectivity index (χ0n) is 15.5. The van der Waals surface area contributed by atoms with Crippen LogP contribution in [0, 0.1) is 6.92 Å². The predicted octanol–water partition coefficient (Wildman–Crippen LogP) is 1.47. The predicted molar refractivity (Wildman–Crippen MR) is 107 cm³/mol. The van der Waals surface area contributed by atoms with Crippen LogP contribution in [0.4, 0.5) is 11.4 Å². The van der Waals surface area contributed by atoms with Gasteiger partial charge in [-0.2, -0.15) is 0 Å². The number of nitrogens with two attached hydrogens (primary N) is 2. The second kappa shape index (κ2) is 8.65. The Hall–Kier alpha value is -4.21. The third-order valence-electron chi connectivity index (χ3n) is 3.77. The number of nitrogens with one attached hydrogen (secondary N) is 2. The fourth-order valence-corrected chi connectivity index (χ4v) is 2.39. The summed E-state index contributed by atoms with van der Waals surface area (Å²) in [5.74, 6) is -0.537. The van der Waals surface area contributed by atoms with Crippen molar-refractivity contribution in [2.75, 3.05) is 5.32 Å². The molecule has 148 valence electrons. The monoisotopic (exact) mass is 393 g/mol. The number of carbonyl (C=O) groups is 2. The standard InChI is InChI=1S/C19H19N7O3/c1-11-25-26-18(29-11)17(28)22-10-12-2-6-14(7-3-12)23-16(27)13-4-8-15(9-5-13)24-19(20)21/h2-9H,10H2,1H3,(H,22,28)(H,23,27)(H4,20,21,24). The molecule has 0 aliphatic heterocycles. The van der Waals surface area contributed by atoms with Gasteiger partial charge in [0.15, 0.2) is 5.96 Å². The number of anilines is 1. The number of guanidine groups is 1. The maximum Gasteiger partial charge on any atom is 0.309 e. The van der Waals surface area contributed by atoms with Gasteiger partial charge in [-0.05, 0) is 42.0 Å². The lowest BCUT2D eigenvalue weighted by Crippen LogP contribution is -2.23. The fourth-order valence-electron chi connectivity index (χ4n) is 2.39.